The molecule has 0 spiro atoms. The third-order valence-electron chi connectivity index (χ3n) is 8.47. The summed E-state index contributed by atoms with van der Waals surface area (Å²) >= 11 is 0. The topological polar surface area (TPSA) is 4.93 Å². The van der Waals surface area contributed by atoms with Crippen LogP contribution in [0.1, 0.15) is 22.3 Å². The summed E-state index contributed by atoms with van der Waals surface area (Å²) in [4.78, 5) is 0. The number of halogens is 6. The first kappa shape index (κ1) is 30.4. The van der Waals surface area contributed by atoms with Gasteiger partial charge in [0.1, 0.15) is 0 Å². The highest BCUT2D eigenvalue weighted by atomic mass is 19.4. The summed E-state index contributed by atoms with van der Waals surface area (Å²) in [6, 6.07) is 37.0. The fourth-order valence-corrected chi connectivity index (χ4v) is 6.40. The lowest BCUT2D eigenvalue weighted by molar-refractivity contribution is -0.138. The van der Waals surface area contributed by atoms with Crippen molar-refractivity contribution in [2.75, 3.05) is 0 Å². The molecular weight excluding hydrogens is 608 g/mol. The van der Waals surface area contributed by atoms with E-state index in [0.29, 0.717) is 33.4 Å². The molecule has 6 aromatic carbocycles. The molecule has 0 radical (unpaired) electrons. The minimum absolute atomic E-state index is 0.425. The van der Waals surface area contributed by atoms with Crippen LogP contribution >= 0.6 is 0 Å². The van der Waals surface area contributed by atoms with Crippen molar-refractivity contribution in [3.8, 4) is 39.1 Å². The molecule has 0 atom stereocenters. The van der Waals surface area contributed by atoms with E-state index in [4.69, 9.17) is 0 Å². The van der Waals surface area contributed by atoms with Crippen LogP contribution in [0.25, 0.3) is 60.9 Å². The summed E-state index contributed by atoms with van der Waals surface area (Å²) in [7, 11) is 0. The predicted molar refractivity (Wildman–Crippen MR) is 177 cm³/mol. The van der Waals surface area contributed by atoms with Crippen LogP contribution in [0, 0.1) is 13.8 Å². The van der Waals surface area contributed by atoms with Crippen molar-refractivity contribution in [2.24, 2.45) is 0 Å². The second kappa shape index (κ2) is 11.2. The van der Waals surface area contributed by atoms with Gasteiger partial charge in [0, 0.05) is 16.3 Å². The second-order valence-electron chi connectivity index (χ2n) is 11.9. The van der Waals surface area contributed by atoms with Gasteiger partial charge < -0.3 is 4.57 Å². The molecule has 1 aromatic heterocycles. The van der Waals surface area contributed by atoms with E-state index in [2.05, 4.69) is 4.57 Å². The molecule has 0 aliphatic carbocycles. The molecule has 0 amide bonds. The first-order valence-electron chi connectivity index (χ1n) is 15.0. The summed E-state index contributed by atoms with van der Waals surface area (Å²) in [5, 5.41) is 1.53. The first-order valence-corrected chi connectivity index (χ1v) is 15.0. The molecule has 0 fully saturated rings. The molecule has 1 heterocycles. The van der Waals surface area contributed by atoms with Gasteiger partial charge in [0.25, 0.3) is 0 Å². The summed E-state index contributed by atoms with van der Waals surface area (Å²) in [6.07, 6.45) is -9.00. The zero-order valence-electron chi connectivity index (χ0n) is 25.3. The van der Waals surface area contributed by atoms with E-state index in [1.54, 1.807) is 26.0 Å². The highest BCUT2D eigenvalue weighted by molar-refractivity contribution is 6.12. The molecule has 1 nitrogen and oxygen atoms in total. The molecule has 0 aliphatic heterocycles. The van der Waals surface area contributed by atoms with E-state index in [1.165, 1.54) is 0 Å². The molecule has 0 N–H and O–H groups in total. The molecule has 0 aliphatic rings. The van der Waals surface area contributed by atoms with Crippen LogP contribution in [0.2, 0.25) is 0 Å². The molecule has 0 bridgehead atoms. The van der Waals surface area contributed by atoms with Crippen LogP contribution < -0.4 is 0 Å². The summed E-state index contributed by atoms with van der Waals surface area (Å²) in [5.74, 6) is 0. The lowest BCUT2D eigenvalue weighted by Gasteiger charge is -2.15. The van der Waals surface area contributed by atoms with Gasteiger partial charge in [0.2, 0.25) is 0 Å². The van der Waals surface area contributed by atoms with Crippen molar-refractivity contribution in [3.63, 3.8) is 0 Å². The van der Waals surface area contributed by atoms with Gasteiger partial charge in [-0.15, -0.1) is 0 Å². The van der Waals surface area contributed by atoms with E-state index in [9.17, 15) is 26.3 Å². The number of fused-ring (bicyclic) bond motifs is 3. The molecule has 234 valence electrons. The zero-order valence-corrected chi connectivity index (χ0v) is 25.3. The van der Waals surface area contributed by atoms with Crippen molar-refractivity contribution in [3.05, 3.63) is 150 Å². The van der Waals surface area contributed by atoms with Gasteiger partial charge in [0.15, 0.2) is 0 Å². The summed E-state index contributed by atoms with van der Waals surface area (Å²) in [5.41, 5.74) is 6.06. The van der Waals surface area contributed by atoms with Gasteiger partial charge >= 0.3 is 12.4 Å². The van der Waals surface area contributed by atoms with Crippen molar-refractivity contribution in [1.82, 2.24) is 4.57 Å². The molecule has 7 aromatic rings. The number of para-hydroxylation sites is 1. The van der Waals surface area contributed by atoms with Crippen LogP contribution in [-0.2, 0) is 12.4 Å². The van der Waals surface area contributed by atoms with E-state index < -0.39 is 23.5 Å². The maximum absolute atomic E-state index is 13.8. The van der Waals surface area contributed by atoms with Crippen molar-refractivity contribution < 1.29 is 26.3 Å². The zero-order chi connectivity index (χ0) is 33.1. The van der Waals surface area contributed by atoms with Gasteiger partial charge in [-0.2, -0.15) is 26.3 Å². The predicted octanol–water partition coefficient (Wildman–Crippen LogP) is 12.4. The molecule has 7 heteroatoms. The fourth-order valence-electron chi connectivity index (χ4n) is 6.40. The minimum Gasteiger partial charge on any atom is -0.309 e. The Hall–Kier alpha value is -5.30. The van der Waals surface area contributed by atoms with Crippen molar-refractivity contribution in [2.45, 2.75) is 26.2 Å². The molecule has 47 heavy (non-hydrogen) atoms. The highest BCUT2D eigenvalue weighted by Gasteiger charge is 2.32. The average Bonchev–Trinajstić information content (AvgIpc) is 3.36. The SMILES string of the molecule is Cc1cc(-c2ccc3c(c2)c2cc(-c4cc(C)cc(C(F)(F)F)c4)ccc2n3-c2ccccc2-c2ccccc2)cc(C(F)(F)F)c1. The standard InChI is InChI=1S/C40H27F6N/c1-24-16-29(20-31(18-24)39(41,42)43)27-12-14-37-34(22-27)35-23-28(30-17-25(2)19-32(21-30)40(44,45)46)13-15-38(35)47(37)36-11-7-6-10-33(36)26-8-4-3-5-9-26/h3-23H,1-2H3. The van der Waals surface area contributed by atoms with Crippen molar-refractivity contribution in [1.29, 1.82) is 0 Å². The van der Waals surface area contributed by atoms with Crippen LogP contribution in [0.15, 0.2) is 127 Å². The second-order valence-corrected chi connectivity index (χ2v) is 11.9. The van der Waals surface area contributed by atoms with Gasteiger partial charge in [-0.3, -0.25) is 0 Å². The molecule has 0 saturated carbocycles. The summed E-state index contributed by atoms with van der Waals surface area (Å²) in [6.45, 7) is 3.26. The average molecular weight is 636 g/mol. The van der Waals surface area contributed by atoms with Crippen LogP contribution in [-0.4, -0.2) is 4.57 Å². The minimum atomic E-state index is -4.50. The van der Waals surface area contributed by atoms with E-state index >= 15 is 0 Å². The first-order chi connectivity index (χ1) is 22.4. The number of alkyl halides is 6. The van der Waals surface area contributed by atoms with Crippen LogP contribution in [0.4, 0.5) is 26.3 Å². The highest BCUT2D eigenvalue weighted by Crippen LogP contribution is 2.41. The third-order valence-corrected chi connectivity index (χ3v) is 8.47. The molecular formula is C40H27F6N. The number of benzene rings is 6. The molecule has 0 saturated heterocycles. The smallest absolute Gasteiger partial charge is 0.309 e. The van der Waals surface area contributed by atoms with Crippen LogP contribution in [0.3, 0.4) is 0 Å². The van der Waals surface area contributed by atoms with Gasteiger partial charge in [-0.05, 0) is 107 Å². The number of rotatable bonds is 4. The van der Waals surface area contributed by atoms with E-state index in [0.717, 1.165) is 62.9 Å². The Morgan fingerprint density at radius 1 is 0.426 bits per heavy atom. The number of aryl methyl sites for hydroxylation is 2. The number of hydrogen-bond acceptors (Lipinski definition) is 0. The number of nitrogens with zero attached hydrogens (tertiary/aromatic N) is 1. The quantitative estimate of drug-likeness (QED) is 0.170. The lowest BCUT2D eigenvalue weighted by Crippen LogP contribution is -2.05. The largest absolute Gasteiger partial charge is 0.416 e. The van der Waals surface area contributed by atoms with E-state index in [-0.39, 0.29) is 0 Å². The normalized spacial score (nSPS) is 12.3. The molecule has 0 unspecified atom stereocenters. The Morgan fingerprint density at radius 2 is 0.894 bits per heavy atom. The maximum Gasteiger partial charge on any atom is 0.416 e. The van der Waals surface area contributed by atoms with Gasteiger partial charge in [0.05, 0.1) is 27.8 Å². The van der Waals surface area contributed by atoms with Crippen LogP contribution in [0.5, 0.6) is 0 Å². The number of hydrogen-bond donors (Lipinski definition) is 0. The summed E-state index contributed by atoms with van der Waals surface area (Å²) < 4.78 is 84.6. The van der Waals surface area contributed by atoms with Gasteiger partial charge in [-0.25, -0.2) is 0 Å². The number of aromatic nitrogens is 1. The third kappa shape index (κ3) is 5.67. The Morgan fingerprint density at radius 3 is 1.38 bits per heavy atom. The fraction of sp³-hybridized carbons (Fsp3) is 0.100. The van der Waals surface area contributed by atoms with E-state index in [1.807, 2.05) is 91.0 Å². The monoisotopic (exact) mass is 635 g/mol. The molecule has 7 rings (SSSR count). The Bertz CT molecular complexity index is 2170. The Balaban J connectivity index is 1.52. The lowest BCUT2D eigenvalue weighted by atomic mass is 9.96. The van der Waals surface area contributed by atoms with Crippen molar-refractivity contribution >= 4 is 21.8 Å². The Kier molecular flexibility index (Phi) is 7.23. The Labute approximate surface area is 267 Å². The maximum atomic E-state index is 13.8. The van der Waals surface area contributed by atoms with Gasteiger partial charge in [-0.1, -0.05) is 72.8 Å².